The third-order valence-electron chi connectivity index (χ3n) is 2.29. The van der Waals surface area contributed by atoms with Crippen LogP contribution in [0.15, 0.2) is 18.3 Å². The molecule has 0 aliphatic heterocycles. The molecular weight excluding hydrogens is 194 g/mol. The van der Waals surface area contributed by atoms with E-state index in [1.807, 2.05) is 0 Å². The maximum atomic E-state index is 10.4. The quantitative estimate of drug-likeness (QED) is 0.597. The van der Waals surface area contributed by atoms with Crippen LogP contribution in [0.5, 0.6) is 0 Å². The van der Waals surface area contributed by atoms with E-state index in [-0.39, 0.29) is 5.69 Å². The third kappa shape index (κ3) is 3.53. The molecule has 0 spiro atoms. The Morgan fingerprint density at radius 1 is 1.60 bits per heavy atom. The summed E-state index contributed by atoms with van der Waals surface area (Å²) in [6.07, 6.45) is 2.36. The first-order valence-corrected chi connectivity index (χ1v) is 4.97. The molecule has 1 atom stereocenters. The van der Waals surface area contributed by atoms with E-state index in [9.17, 15) is 10.1 Å². The van der Waals surface area contributed by atoms with Crippen molar-refractivity contribution in [2.24, 2.45) is 5.92 Å². The second-order valence-corrected chi connectivity index (χ2v) is 3.55. The lowest BCUT2D eigenvalue weighted by Gasteiger charge is -2.09. The van der Waals surface area contributed by atoms with Crippen molar-refractivity contribution in [3.8, 4) is 0 Å². The Morgan fingerprint density at radius 2 is 2.33 bits per heavy atom. The summed E-state index contributed by atoms with van der Waals surface area (Å²) >= 11 is 0. The smallest absolute Gasteiger partial charge is 0.287 e. The van der Waals surface area contributed by atoms with E-state index < -0.39 is 4.92 Å². The normalized spacial score (nSPS) is 12.1. The lowest BCUT2D eigenvalue weighted by Crippen LogP contribution is -2.11. The molecule has 0 aliphatic rings. The first kappa shape index (κ1) is 11.4. The van der Waals surface area contributed by atoms with Crippen molar-refractivity contribution < 1.29 is 4.92 Å². The predicted molar refractivity (Wildman–Crippen MR) is 58.8 cm³/mol. The molecule has 0 amide bonds. The van der Waals surface area contributed by atoms with Crippen molar-refractivity contribution in [3.63, 3.8) is 0 Å². The van der Waals surface area contributed by atoms with Gasteiger partial charge in [0.25, 0.3) is 5.69 Å². The number of nitrogens with zero attached hydrogens (tertiary/aromatic N) is 2. The molecular formula is C10H15N3O2. The Labute approximate surface area is 88.7 Å². The molecule has 5 nitrogen and oxygen atoms in total. The number of hydrogen-bond acceptors (Lipinski definition) is 4. The Hall–Kier alpha value is -1.65. The van der Waals surface area contributed by atoms with Crippen LogP contribution in [-0.2, 0) is 0 Å². The average Bonchev–Trinajstić information content (AvgIpc) is 2.26. The zero-order valence-corrected chi connectivity index (χ0v) is 8.93. The van der Waals surface area contributed by atoms with Gasteiger partial charge in [-0.2, -0.15) is 0 Å². The molecule has 1 aromatic rings. The summed E-state index contributed by atoms with van der Waals surface area (Å²) in [5.41, 5.74) is 0.0177. The largest absolute Gasteiger partial charge is 0.370 e. The number of nitrogens with one attached hydrogen (secondary N) is 1. The zero-order chi connectivity index (χ0) is 11.3. The minimum absolute atomic E-state index is 0.0177. The molecule has 0 bridgehead atoms. The fraction of sp³-hybridized carbons (Fsp3) is 0.500. The van der Waals surface area contributed by atoms with Crippen LogP contribution in [0.1, 0.15) is 20.3 Å². The van der Waals surface area contributed by atoms with Crippen molar-refractivity contribution in [3.05, 3.63) is 28.4 Å². The van der Waals surface area contributed by atoms with E-state index >= 15 is 0 Å². The van der Waals surface area contributed by atoms with Crippen molar-refractivity contribution >= 4 is 11.5 Å². The molecule has 5 heteroatoms. The van der Waals surface area contributed by atoms with Crippen molar-refractivity contribution in [1.29, 1.82) is 0 Å². The van der Waals surface area contributed by atoms with Gasteiger partial charge in [-0.3, -0.25) is 10.1 Å². The Kier molecular flexibility index (Phi) is 4.03. The first-order valence-electron chi connectivity index (χ1n) is 4.97. The molecule has 0 aliphatic carbocycles. The molecule has 0 saturated heterocycles. The number of anilines is 1. The maximum absolute atomic E-state index is 10.4. The monoisotopic (exact) mass is 209 g/mol. The predicted octanol–water partition coefficient (Wildman–Crippen LogP) is 2.45. The van der Waals surface area contributed by atoms with Gasteiger partial charge in [0.05, 0.1) is 4.92 Å². The van der Waals surface area contributed by atoms with Crippen molar-refractivity contribution in [1.82, 2.24) is 4.98 Å². The third-order valence-corrected chi connectivity index (χ3v) is 2.29. The van der Waals surface area contributed by atoms with Crippen LogP contribution in [-0.4, -0.2) is 16.5 Å². The number of aromatic nitrogens is 1. The van der Waals surface area contributed by atoms with Crippen molar-refractivity contribution in [2.45, 2.75) is 20.3 Å². The molecule has 1 unspecified atom stereocenters. The van der Waals surface area contributed by atoms with Gasteiger partial charge in [-0.05, 0) is 12.0 Å². The fourth-order valence-corrected chi connectivity index (χ4v) is 1.02. The standard InChI is InChI=1S/C10H15N3O2/c1-3-8(2)6-11-10-5-4-9(7-12-10)13(14)15/h4-5,7-8H,3,6H2,1-2H3,(H,11,12). The zero-order valence-electron chi connectivity index (χ0n) is 8.93. The second kappa shape index (κ2) is 5.29. The van der Waals surface area contributed by atoms with Crippen molar-refractivity contribution in [2.75, 3.05) is 11.9 Å². The van der Waals surface area contributed by atoms with Crippen LogP contribution in [0.25, 0.3) is 0 Å². The van der Waals surface area contributed by atoms with E-state index in [0.29, 0.717) is 11.7 Å². The highest BCUT2D eigenvalue weighted by molar-refractivity contribution is 5.39. The number of pyridine rings is 1. The Morgan fingerprint density at radius 3 is 2.80 bits per heavy atom. The van der Waals surface area contributed by atoms with Crippen LogP contribution in [0.2, 0.25) is 0 Å². The molecule has 0 saturated carbocycles. The molecule has 0 fully saturated rings. The summed E-state index contributed by atoms with van der Waals surface area (Å²) in [6.45, 7) is 5.09. The number of hydrogen-bond donors (Lipinski definition) is 1. The van der Waals surface area contributed by atoms with E-state index in [4.69, 9.17) is 0 Å². The van der Waals surface area contributed by atoms with Crippen LogP contribution in [0, 0.1) is 16.0 Å². The molecule has 1 aromatic heterocycles. The van der Waals surface area contributed by atoms with E-state index in [0.717, 1.165) is 13.0 Å². The van der Waals surface area contributed by atoms with Gasteiger partial charge in [0.2, 0.25) is 0 Å². The Bertz CT molecular complexity index is 324. The summed E-state index contributed by atoms with van der Waals surface area (Å²) in [5, 5.41) is 13.5. The summed E-state index contributed by atoms with van der Waals surface area (Å²) < 4.78 is 0. The van der Waals surface area contributed by atoms with Crippen LogP contribution >= 0.6 is 0 Å². The minimum atomic E-state index is -0.453. The topological polar surface area (TPSA) is 68.1 Å². The van der Waals surface area contributed by atoms with Gasteiger partial charge in [-0.15, -0.1) is 0 Å². The van der Waals surface area contributed by atoms with Gasteiger partial charge >= 0.3 is 0 Å². The lowest BCUT2D eigenvalue weighted by atomic mass is 10.1. The fourth-order valence-electron chi connectivity index (χ4n) is 1.02. The van der Waals surface area contributed by atoms with Gasteiger partial charge in [0.15, 0.2) is 0 Å². The average molecular weight is 209 g/mol. The molecule has 15 heavy (non-hydrogen) atoms. The maximum Gasteiger partial charge on any atom is 0.287 e. The molecule has 0 radical (unpaired) electrons. The molecule has 1 rings (SSSR count). The number of nitro groups is 1. The molecule has 0 aromatic carbocycles. The van der Waals surface area contributed by atoms with Gasteiger partial charge < -0.3 is 5.32 Å². The highest BCUT2D eigenvalue weighted by Gasteiger charge is 2.05. The highest BCUT2D eigenvalue weighted by Crippen LogP contribution is 2.12. The van der Waals surface area contributed by atoms with Crippen LogP contribution in [0.4, 0.5) is 11.5 Å². The van der Waals surface area contributed by atoms with E-state index in [2.05, 4.69) is 24.1 Å². The van der Waals surface area contributed by atoms with E-state index in [1.54, 1.807) is 6.07 Å². The van der Waals surface area contributed by atoms with Gasteiger partial charge in [-0.25, -0.2) is 4.98 Å². The summed E-state index contributed by atoms with van der Waals surface area (Å²) in [4.78, 5) is 13.9. The SMILES string of the molecule is CCC(C)CNc1ccc([N+](=O)[O-])cn1. The van der Waals surface area contributed by atoms with Gasteiger partial charge in [0.1, 0.15) is 12.0 Å². The summed E-state index contributed by atoms with van der Waals surface area (Å²) in [6, 6.07) is 3.08. The van der Waals surface area contributed by atoms with Gasteiger partial charge in [-0.1, -0.05) is 20.3 Å². The van der Waals surface area contributed by atoms with Gasteiger partial charge in [0, 0.05) is 12.6 Å². The molecule has 1 N–H and O–H groups in total. The lowest BCUT2D eigenvalue weighted by molar-refractivity contribution is -0.385. The summed E-state index contributed by atoms with van der Waals surface area (Å²) in [5.74, 6) is 1.25. The minimum Gasteiger partial charge on any atom is -0.370 e. The molecule has 82 valence electrons. The van der Waals surface area contributed by atoms with E-state index in [1.165, 1.54) is 12.3 Å². The van der Waals surface area contributed by atoms with Crippen LogP contribution < -0.4 is 5.32 Å². The molecule has 1 heterocycles. The Balaban J connectivity index is 2.53. The number of rotatable bonds is 5. The summed E-state index contributed by atoms with van der Waals surface area (Å²) in [7, 11) is 0. The second-order valence-electron chi connectivity index (χ2n) is 3.55. The first-order chi connectivity index (χ1) is 7.13. The van der Waals surface area contributed by atoms with Crippen LogP contribution in [0.3, 0.4) is 0 Å². The highest BCUT2D eigenvalue weighted by atomic mass is 16.6.